The van der Waals surface area contributed by atoms with Gasteiger partial charge in [0.2, 0.25) is 0 Å². The van der Waals surface area contributed by atoms with Crippen LogP contribution in [-0.4, -0.2) is 18.2 Å². The van der Waals surface area contributed by atoms with Crippen molar-refractivity contribution < 1.29 is 4.79 Å². The van der Waals surface area contributed by atoms with Gasteiger partial charge in [-0.3, -0.25) is 4.79 Å². The van der Waals surface area contributed by atoms with Gasteiger partial charge in [0.15, 0.2) is 0 Å². The molecule has 0 spiro atoms. The van der Waals surface area contributed by atoms with Crippen LogP contribution in [0.1, 0.15) is 10.4 Å². The van der Waals surface area contributed by atoms with Crippen molar-refractivity contribution in [2.45, 2.75) is 4.90 Å². The van der Waals surface area contributed by atoms with Crippen molar-refractivity contribution in [3.63, 3.8) is 0 Å². The smallest absolute Gasteiger partial charge is 0.259 e. The Morgan fingerprint density at radius 2 is 1.84 bits per heavy atom. The highest BCUT2D eigenvalue weighted by atomic mass is 35.5. The molecule has 0 bridgehead atoms. The van der Waals surface area contributed by atoms with Gasteiger partial charge in [-0.15, -0.1) is 11.8 Å². The van der Waals surface area contributed by atoms with Gasteiger partial charge in [0.25, 0.3) is 5.91 Å². The predicted octanol–water partition coefficient (Wildman–Crippen LogP) is 4.09. The third kappa shape index (κ3) is 2.36. The number of thioether (sulfide) groups is 1. The van der Waals surface area contributed by atoms with Crippen LogP contribution < -0.4 is 4.90 Å². The van der Waals surface area contributed by atoms with Crippen LogP contribution in [0.4, 0.5) is 5.69 Å². The summed E-state index contributed by atoms with van der Waals surface area (Å²) in [5.41, 5.74) is 1.54. The van der Waals surface area contributed by atoms with Gasteiger partial charge in [-0.05, 0) is 24.3 Å². The molecule has 0 aromatic heterocycles. The first-order chi connectivity index (χ1) is 9.27. The second kappa shape index (κ2) is 5.27. The Labute approximate surface area is 121 Å². The van der Waals surface area contributed by atoms with E-state index < -0.39 is 0 Å². The standard InChI is InChI=1S/C15H12ClNOS/c16-12-6-2-1-5-11(12)15(18)17-9-10-19-14-8-4-3-7-13(14)17/h1-8H,9-10H2. The van der Waals surface area contributed by atoms with Crippen LogP contribution in [0.2, 0.25) is 5.02 Å². The Morgan fingerprint density at radius 1 is 1.11 bits per heavy atom. The number of rotatable bonds is 1. The quantitative estimate of drug-likeness (QED) is 0.788. The van der Waals surface area contributed by atoms with Gasteiger partial charge in [0.05, 0.1) is 16.3 Å². The van der Waals surface area contributed by atoms with E-state index >= 15 is 0 Å². The summed E-state index contributed by atoms with van der Waals surface area (Å²) in [5.74, 6) is 0.881. The van der Waals surface area contributed by atoms with E-state index in [-0.39, 0.29) is 5.91 Å². The van der Waals surface area contributed by atoms with E-state index in [1.54, 1.807) is 23.9 Å². The van der Waals surface area contributed by atoms with E-state index in [9.17, 15) is 4.79 Å². The van der Waals surface area contributed by atoms with E-state index in [0.717, 1.165) is 16.3 Å². The Morgan fingerprint density at radius 3 is 2.68 bits per heavy atom. The molecule has 1 heterocycles. The molecule has 96 valence electrons. The van der Waals surface area contributed by atoms with Gasteiger partial charge in [0.1, 0.15) is 0 Å². The molecule has 2 nitrogen and oxygen atoms in total. The van der Waals surface area contributed by atoms with E-state index in [2.05, 4.69) is 0 Å². The largest absolute Gasteiger partial charge is 0.306 e. The Balaban J connectivity index is 2.00. The van der Waals surface area contributed by atoms with Gasteiger partial charge in [0, 0.05) is 17.2 Å². The third-order valence-electron chi connectivity index (χ3n) is 3.08. The average Bonchev–Trinajstić information content (AvgIpc) is 2.46. The van der Waals surface area contributed by atoms with Crippen molar-refractivity contribution in [1.82, 2.24) is 0 Å². The van der Waals surface area contributed by atoms with Crippen molar-refractivity contribution in [3.05, 3.63) is 59.1 Å². The molecule has 0 atom stereocenters. The highest BCUT2D eigenvalue weighted by molar-refractivity contribution is 7.99. The number of hydrogen-bond donors (Lipinski definition) is 0. The molecule has 0 saturated heterocycles. The SMILES string of the molecule is O=C(c1ccccc1Cl)N1CCSc2ccccc21. The number of amides is 1. The lowest BCUT2D eigenvalue weighted by atomic mass is 10.1. The first kappa shape index (κ1) is 12.6. The monoisotopic (exact) mass is 289 g/mol. The molecule has 4 heteroatoms. The molecule has 3 rings (SSSR count). The first-order valence-electron chi connectivity index (χ1n) is 6.05. The maximum atomic E-state index is 12.6. The van der Waals surface area contributed by atoms with Crippen molar-refractivity contribution in [2.24, 2.45) is 0 Å². The van der Waals surface area contributed by atoms with Crippen molar-refractivity contribution in [2.75, 3.05) is 17.2 Å². The summed E-state index contributed by atoms with van der Waals surface area (Å²) in [4.78, 5) is 15.6. The normalized spacial score (nSPS) is 14.1. The van der Waals surface area contributed by atoms with E-state index in [1.807, 2.05) is 41.3 Å². The molecule has 2 aromatic rings. The van der Waals surface area contributed by atoms with Gasteiger partial charge >= 0.3 is 0 Å². The number of fused-ring (bicyclic) bond motifs is 1. The van der Waals surface area contributed by atoms with Crippen LogP contribution >= 0.6 is 23.4 Å². The lowest BCUT2D eigenvalue weighted by molar-refractivity contribution is 0.0988. The average molecular weight is 290 g/mol. The molecule has 0 aliphatic carbocycles. The molecule has 1 aliphatic heterocycles. The van der Waals surface area contributed by atoms with Crippen LogP contribution in [0.3, 0.4) is 0 Å². The summed E-state index contributed by atoms with van der Waals surface area (Å²) in [7, 11) is 0. The van der Waals surface area contributed by atoms with Gasteiger partial charge in [-0.1, -0.05) is 35.9 Å². The Bertz CT molecular complexity index is 629. The number of hydrogen-bond acceptors (Lipinski definition) is 2. The molecule has 19 heavy (non-hydrogen) atoms. The number of halogens is 1. The molecule has 0 radical (unpaired) electrons. The number of benzene rings is 2. The van der Waals surface area contributed by atoms with Crippen LogP contribution in [-0.2, 0) is 0 Å². The third-order valence-corrected chi connectivity index (χ3v) is 4.45. The molecular formula is C15H12ClNOS. The highest BCUT2D eigenvalue weighted by Crippen LogP contribution is 2.35. The second-order valence-electron chi connectivity index (χ2n) is 4.25. The Kier molecular flexibility index (Phi) is 3.49. The molecular weight excluding hydrogens is 278 g/mol. The zero-order valence-electron chi connectivity index (χ0n) is 10.2. The first-order valence-corrected chi connectivity index (χ1v) is 7.42. The number of carbonyl (C=O) groups excluding carboxylic acids is 1. The topological polar surface area (TPSA) is 20.3 Å². The van der Waals surface area contributed by atoms with Gasteiger partial charge in [-0.2, -0.15) is 0 Å². The fourth-order valence-corrected chi connectivity index (χ4v) is 3.37. The summed E-state index contributed by atoms with van der Waals surface area (Å²) < 4.78 is 0. The Hall–Kier alpha value is -1.45. The summed E-state index contributed by atoms with van der Waals surface area (Å²) in [6.07, 6.45) is 0. The number of nitrogens with zero attached hydrogens (tertiary/aromatic N) is 1. The summed E-state index contributed by atoms with van der Waals surface area (Å²) in [5, 5.41) is 0.503. The molecule has 1 amide bonds. The predicted molar refractivity (Wildman–Crippen MR) is 80.3 cm³/mol. The minimum Gasteiger partial charge on any atom is -0.306 e. The minimum absolute atomic E-state index is 0.0293. The summed E-state index contributed by atoms with van der Waals surface area (Å²) in [6.45, 7) is 0.714. The zero-order chi connectivity index (χ0) is 13.2. The number of para-hydroxylation sites is 1. The number of carbonyl (C=O) groups is 1. The zero-order valence-corrected chi connectivity index (χ0v) is 11.7. The minimum atomic E-state index is -0.0293. The fraction of sp³-hybridized carbons (Fsp3) is 0.133. The molecule has 0 N–H and O–H groups in total. The van der Waals surface area contributed by atoms with Crippen molar-refractivity contribution >= 4 is 35.0 Å². The van der Waals surface area contributed by atoms with Crippen LogP contribution in [0.5, 0.6) is 0 Å². The highest BCUT2D eigenvalue weighted by Gasteiger charge is 2.24. The number of anilines is 1. The lowest BCUT2D eigenvalue weighted by Crippen LogP contribution is -2.35. The van der Waals surface area contributed by atoms with Gasteiger partial charge < -0.3 is 4.90 Å². The second-order valence-corrected chi connectivity index (χ2v) is 5.80. The maximum absolute atomic E-state index is 12.6. The van der Waals surface area contributed by atoms with Crippen molar-refractivity contribution in [3.8, 4) is 0 Å². The molecule has 0 unspecified atom stereocenters. The molecule has 1 aliphatic rings. The lowest BCUT2D eigenvalue weighted by Gasteiger charge is -2.29. The van der Waals surface area contributed by atoms with E-state index in [0.29, 0.717) is 17.1 Å². The van der Waals surface area contributed by atoms with Crippen LogP contribution in [0.15, 0.2) is 53.4 Å². The molecule has 0 fully saturated rings. The van der Waals surface area contributed by atoms with E-state index in [1.165, 1.54) is 0 Å². The van der Waals surface area contributed by atoms with Crippen molar-refractivity contribution in [1.29, 1.82) is 0 Å². The van der Waals surface area contributed by atoms with Crippen LogP contribution in [0, 0.1) is 0 Å². The fourth-order valence-electron chi connectivity index (χ4n) is 2.16. The maximum Gasteiger partial charge on any atom is 0.259 e. The van der Waals surface area contributed by atoms with Crippen LogP contribution in [0.25, 0.3) is 0 Å². The molecule has 0 saturated carbocycles. The molecule has 2 aromatic carbocycles. The summed E-state index contributed by atoms with van der Waals surface area (Å²) >= 11 is 7.90. The summed E-state index contributed by atoms with van der Waals surface area (Å²) in [6, 6.07) is 15.2. The van der Waals surface area contributed by atoms with Gasteiger partial charge in [-0.25, -0.2) is 0 Å². The van der Waals surface area contributed by atoms with E-state index in [4.69, 9.17) is 11.6 Å².